The van der Waals surface area contributed by atoms with E-state index in [1.54, 1.807) is 0 Å². The van der Waals surface area contributed by atoms with Crippen LogP contribution in [0.25, 0.3) is 0 Å². The summed E-state index contributed by atoms with van der Waals surface area (Å²) in [6, 6.07) is 0.701. The number of nitrogens with zero attached hydrogens (tertiary/aromatic N) is 1. The average molecular weight is 227 g/mol. The summed E-state index contributed by atoms with van der Waals surface area (Å²) in [6.07, 6.45) is 8.10. The van der Waals surface area contributed by atoms with Crippen LogP contribution >= 0.6 is 0 Å². The molecule has 3 unspecified atom stereocenters. The van der Waals surface area contributed by atoms with Crippen LogP contribution in [0.1, 0.15) is 45.4 Å². The van der Waals surface area contributed by atoms with E-state index in [-0.39, 0.29) is 0 Å². The zero-order chi connectivity index (χ0) is 11.4. The van der Waals surface area contributed by atoms with Crippen molar-refractivity contribution in [1.82, 2.24) is 4.90 Å². The van der Waals surface area contributed by atoms with Gasteiger partial charge in [-0.3, -0.25) is 4.90 Å². The molecular weight excluding hydrogens is 202 g/mol. The van der Waals surface area contributed by atoms with Gasteiger partial charge < -0.3 is 9.84 Å². The Bertz CT molecular complexity index is 210. The first-order chi connectivity index (χ1) is 7.79. The predicted molar refractivity (Wildman–Crippen MR) is 64.5 cm³/mol. The SMILES string of the molecule is CC1CCC(CN2CCCC2CCCO)O1. The molecule has 2 heterocycles. The minimum atomic E-state index is 0.335. The number of aliphatic hydroxyl groups excluding tert-OH is 1. The first-order valence-corrected chi connectivity index (χ1v) is 6.80. The summed E-state index contributed by atoms with van der Waals surface area (Å²) in [5, 5.41) is 8.89. The molecule has 0 aromatic heterocycles. The van der Waals surface area contributed by atoms with E-state index in [0.29, 0.717) is 24.9 Å². The first-order valence-electron chi connectivity index (χ1n) is 6.80. The molecule has 2 aliphatic rings. The predicted octanol–water partition coefficient (Wildman–Crippen LogP) is 1.79. The second kappa shape index (κ2) is 5.99. The van der Waals surface area contributed by atoms with E-state index in [1.807, 2.05) is 0 Å². The van der Waals surface area contributed by atoms with E-state index < -0.39 is 0 Å². The highest BCUT2D eigenvalue weighted by molar-refractivity contribution is 4.83. The Morgan fingerprint density at radius 1 is 1.31 bits per heavy atom. The molecular formula is C13H25NO2. The molecule has 3 nitrogen and oxygen atoms in total. The van der Waals surface area contributed by atoms with Crippen molar-refractivity contribution in [2.75, 3.05) is 19.7 Å². The maximum atomic E-state index is 8.89. The number of aliphatic hydroxyl groups is 1. The van der Waals surface area contributed by atoms with Gasteiger partial charge in [-0.05, 0) is 52.0 Å². The normalized spacial score (nSPS) is 36.0. The van der Waals surface area contributed by atoms with Gasteiger partial charge in [0.15, 0.2) is 0 Å². The lowest BCUT2D eigenvalue weighted by molar-refractivity contribution is 0.0276. The molecule has 94 valence electrons. The topological polar surface area (TPSA) is 32.7 Å². The monoisotopic (exact) mass is 227 g/mol. The molecule has 3 heteroatoms. The lowest BCUT2D eigenvalue weighted by atomic mass is 10.1. The second-order valence-electron chi connectivity index (χ2n) is 5.30. The summed E-state index contributed by atoms with van der Waals surface area (Å²) >= 11 is 0. The van der Waals surface area contributed by atoms with Gasteiger partial charge in [-0.25, -0.2) is 0 Å². The molecule has 16 heavy (non-hydrogen) atoms. The number of rotatable bonds is 5. The average Bonchev–Trinajstić information content (AvgIpc) is 2.86. The molecule has 0 aromatic rings. The molecule has 2 fully saturated rings. The molecule has 2 aliphatic heterocycles. The molecule has 0 amide bonds. The van der Waals surface area contributed by atoms with E-state index in [4.69, 9.17) is 9.84 Å². The summed E-state index contributed by atoms with van der Waals surface area (Å²) in [5.74, 6) is 0. The van der Waals surface area contributed by atoms with Crippen LogP contribution in [-0.4, -0.2) is 48.0 Å². The number of hydrogen-bond donors (Lipinski definition) is 1. The zero-order valence-corrected chi connectivity index (χ0v) is 10.4. The van der Waals surface area contributed by atoms with Crippen molar-refractivity contribution in [1.29, 1.82) is 0 Å². The fourth-order valence-electron chi connectivity index (χ4n) is 3.07. The van der Waals surface area contributed by atoms with Gasteiger partial charge in [-0.15, -0.1) is 0 Å². The summed E-state index contributed by atoms with van der Waals surface area (Å²) < 4.78 is 5.88. The van der Waals surface area contributed by atoms with Crippen LogP contribution in [0.2, 0.25) is 0 Å². The Hall–Kier alpha value is -0.120. The maximum Gasteiger partial charge on any atom is 0.0706 e. The second-order valence-corrected chi connectivity index (χ2v) is 5.30. The molecule has 2 saturated heterocycles. The fourth-order valence-corrected chi connectivity index (χ4v) is 3.07. The van der Waals surface area contributed by atoms with Gasteiger partial charge in [-0.2, -0.15) is 0 Å². The van der Waals surface area contributed by atoms with E-state index in [0.717, 1.165) is 19.4 Å². The number of ether oxygens (including phenoxy) is 1. The largest absolute Gasteiger partial charge is 0.396 e. The maximum absolute atomic E-state index is 8.89. The third-order valence-corrected chi connectivity index (χ3v) is 3.95. The molecule has 3 atom stereocenters. The Kier molecular flexibility index (Phi) is 4.62. The smallest absolute Gasteiger partial charge is 0.0706 e. The molecule has 0 spiro atoms. The van der Waals surface area contributed by atoms with Crippen molar-refractivity contribution in [3.63, 3.8) is 0 Å². The first kappa shape index (κ1) is 12.3. The molecule has 0 aliphatic carbocycles. The van der Waals surface area contributed by atoms with E-state index in [1.165, 1.54) is 32.2 Å². The third-order valence-electron chi connectivity index (χ3n) is 3.95. The van der Waals surface area contributed by atoms with Crippen molar-refractivity contribution in [3.05, 3.63) is 0 Å². The summed E-state index contributed by atoms with van der Waals surface area (Å²) in [6.45, 7) is 4.85. The van der Waals surface area contributed by atoms with Gasteiger partial charge in [0.05, 0.1) is 12.2 Å². The molecule has 2 rings (SSSR count). The summed E-state index contributed by atoms with van der Waals surface area (Å²) in [7, 11) is 0. The minimum Gasteiger partial charge on any atom is -0.396 e. The quantitative estimate of drug-likeness (QED) is 0.777. The van der Waals surface area contributed by atoms with E-state index >= 15 is 0 Å². The fraction of sp³-hybridized carbons (Fsp3) is 1.00. The highest BCUT2D eigenvalue weighted by atomic mass is 16.5. The van der Waals surface area contributed by atoms with Gasteiger partial charge in [0, 0.05) is 19.2 Å². The summed E-state index contributed by atoms with van der Waals surface area (Å²) in [5.41, 5.74) is 0. The van der Waals surface area contributed by atoms with Crippen LogP contribution in [0.4, 0.5) is 0 Å². The van der Waals surface area contributed by atoms with Crippen molar-refractivity contribution in [2.45, 2.75) is 63.7 Å². The Balaban J connectivity index is 1.74. The van der Waals surface area contributed by atoms with Crippen LogP contribution < -0.4 is 0 Å². The number of likely N-dealkylation sites (tertiary alicyclic amines) is 1. The van der Waals surface area contributed by atoms with Crippen LogP contribution in [0, 0.1) is 0 Å². The van der Waals surface area contributed by atoms with Gasteiger partial charge in [0.25, 0.3) is 0 Å². The number of hydrogen-bond acceptors (Lipinski definition) is 3. The van der Waals surface area contributed by atoms with Gasteiger partial charge in [-0.1, -0.05) is 0 Å². The van der Waals surface area contributed by atoms with Crippen molar-refractivity contribution >= 4 is 0 Å². The van der Waals surface area contributed by atoms with Crippen LogP contribution in [-0.2, 0) is 4.74 Å². The zero-order valence-electron chi connectivity index (χ0n) is 10.4. The molecule has 0 radical (unpaired) electrons. The van der Waals surface area contributed by atoms with Crippen molar-refractivity contribution < 1.29 is 9.84 Å². The molecule has 0 saturated carbocycles. The van der Waals surface area contributed by atoms with Crippen molar-refractivity contribution in [3.8, 4) is 0 Å². The molecule has 0 bridgehead atoms. The Labute approximate surface area is 98.8 Å². The highest BCUT2D eigenvalue weighted by Crippen LogP contribution is 2.25. The van der Waals surface area contributed by atoms with Gasteiger partial charge in [0.2, 0.25) is 0 Å². The lowest BCUT2D eigenvalue weighted by Gasteiger charge is -2.27. The molecule has 0 aromatic carbocycles. The standard InChI is InChI=1S/C13H25NO2/c1-11-6-7-13(16-11)10-14-8-2-4-12(14)5-3-9-15/h11-13,15H,2-10H2,1H3. The van der Waals surface area contributed by atoms with Crippen LogP contribution in [0.3, 0.4) is 0 Å². The summed E-state index contributed by atoms with van der Waals surface area (Å²) in [4.78, 5) is 2.58. The van der Waals surface area contributed by atoms with Crippen molar-refractivity contribution in [2.24, 2.45) is 0 Å². The Morgan fingerprint density at radius 3 is 2.88 bits per heavy atom. The van der Waals surface area contributed by atoms with Crippen LogP contribution in [0.15, 0.2) is 0 Å². The molecule has 1 N–H and O–H groups in total. The van der Waals surface area contributed by atoms with Gasteiger partial charge in [0.1, 0.15) is 0 Å². The van der Waals surface area contributed by atoms with Gasteiger partial charge >= 0.3 is 0 Å². The van der Waals surface area contributed by atoms with E-state index in [9.17, 15) is 0 Å². The Morgan fingerprint density at radius 2 is 2.19 bits per heavy atom. The lowest BCUT2D eigenvalue weighted by Crippen LogP contribution is -2.36. The van der Waals surface area contributed by atoms with E-state index in [2.05, 4.69) is 11.8 Å². The minimum absolute atomic E-state index is 0.335. The highest BCUT2D eigenvalue weighted by Gasteiger charge is 2.29. The van der Waals surface area contributed by atoms with Crippen LogP contribution in [0.5, 0.6) is 0 Å². The third kappa shape index (κ3) is 3.19.